The molecule has 0 aliphatic carbocycles. The first-order valence-electron chi connectivity index (χ1n) is 13.7. The highest BCUT2D eigenvalue weighted by Crippen LogP contribution is 2.40. The summed E-state index contributed by atoms with van der Waals surface area (Å²) in [7, 11) is 1.62. The third kappa shape index (κ3) is 6.10. The molecule has 2 heterocycles. The molecule has 208 valence electrons. The van der Waals surface area contributed by atoms with E-state index in [1.165, 1.54) is 12.5 Å². The van der Waals surface area contributed by atoms with Gasteiger partial charge in [0.25, 0.3) is 0 Å². The summed E-state index contributed by atoms with van der Waals surface area (Å²) < 4.78 is 11.9. The van der Waals surface area contributed by atoms with E-state index in [4.69, 9.17) is 9.47 Å². The van der Waals surface area contributed by atoms with Gasteiger partial charge in [-0.1, -0.05) is 38.1 Å². The van der Waals surface area contributed by atoms with Gasteiger partial charge >= 0.3 is 0 Å². The highest BCUT2D eigenvalue weighted by molar-refractivity contribution is 5.69. The van der Waals surface area contributed by atoms with Crippen molar-refractivity contribution < 1.29 is 24.5 Å². The third-order valence-electron chi connectivity index (χ3n) is 7.90. The Bertz CT molecular complexity index is 1310. The molecule has 2 unspecified atom stereocenters. The summed E-state index contributed by atoms with van der Waals surface area (Å²) in [5.41, 5.74) is 6.03. The number of benzene rings is 2. The highest BCUT2D eigenvalue weighted by atomic mass is 16.5. The fourth-order valence-corrected chi connectivity index (χ4v) is 5.57. The topological polar surface area (TPSA) is 95.0 Å². The van der Waals surface area contributed by atoms with Crippen molar-refractivity contribution in [2.45, 2.75) is 71.8 Å². The maximum Gasteiger partial charge on any atom is 0.213 e. The summed E-state index contributed by atoms with van der Waals surface area (Å²) in [6.07, 6.45) is 2.09. The van der Waals surface area contributed by atoms with E-state index in [1.807, 2.05) is 18.2 Å². The van der Waals surface area contributed by atoms with Crippen molar-refractivity contribution >= 4 is 5.97 Å². The molecule has 4 rings (SSSR count). The quantitative estimate of drug-likeness (QED) is 0.392. The van der Waals surface area contributed by atoms with Gasteiger partial charge in [0.15, 0.2) is 0 Å². The van der Waals surface area contributed by atoms with E-state index in [0.29, 0.717) is 23.2 Å². The predicted octanol–water partition coefficient (Wildman–Crippen LogP) is 5.03. The minimum Gasteiger partial charge on any atom is -0.550 e. The van der Waals surface area contributed by atoms with E-state index < -0.39 is 18.0 Å². The Hall–Kier alpha value is -3.42. The van der Waals surface area contributed by atoms with Crippen LogP contribution in [0.1, 0.15) is 81.5 Å². The lowest BCUT2D eigenvalue weighted by Crippen LogP contribution is -2.33. The number of pyridine rings is 1. The van der Waals surface area contributed by atoms with Gasteiger partial charge in [0.1, 0.15) is 11.9 Å². The molecule has 39 heavy (non-hydrogen) atoms. The monoisotopic (exact) mass is 531 g/mol. The lowest BCUT2D eigenvalue weighted by atomic mass is 9.89. The van der Waals surface area contributed by atoms with E-state index in [9.17, 15) is 15.0 Å². The van der Waals surface area contributed by atoms with Crippen molar-refractivity contribution in [2.75, 3.05) is 13.7 Å². The molecule has 3 aromatic rings. The highest BCUT2D eigenvalue weighted by Gasteiger charge is 2.27. The molecule has 4 atom stereocenters. The molecule has 0 bridgehead atoms. The fourth-order valence-electron chi connectivity index (χ4n) is 5.57. The van der Waals surface area contributed by atoms with Crippen LogP contribution in [0.4, 0.5) is 0 Å². The molecule has 7 nitrogen and oxygen atoms in total. The minimum absolute atomic E-state index is 0.160. The number of methoxy groups -OCH3 is 1. The van der Waals surface area contributed by atoms with Crippen molar-refractivity contribution in [1.29, 1.82) is 0 Å². The van der Waals surface area contributed by atoms with Gasteiger partial charge in [-0.2, -0.15) is 0 Å². The summed E-state index contributed by atoms with van der Waals surface area (Å²) in [5.74, 6) is -1.05. The smallest absolute Gasteiger partial charge is 0.213 e. The number of aromatic nitrogens is 1. The number of aliphatic hydroxyl groups is 1. The Morgan fingerprint density at radius 1 is 1.15 bits per heavy atom. The van der Waals surface area contributed by atoms with Gasteiger partial charge in [0.2, 0.25) is 5.88 Å². The molecule has 7 heteroatoms. The number of aliphatic carboxylic acids is 1. The molecule has 1 aromatic heterocycles. The average Bonchev–Trinajstić information content (AvgIpc) is 2.95. The van der Waals surface area contributed by atoms with Crippen LogP contribution in [0.3, 0.4) is 0 Å². The maximum absolute atomic E-state index is 11.3. The molecule has 1 aliphatic rings. The van der Waals surface area contributed by atoms with Crippen LogP contribution in [-0.4, -0.2) is 40.7 Å². The van der Waals surface area contributed by atoms with Crippen LogP contribution >= 0.6 is 0 Å². The first-order chi connectivity index (χ1) is 18.6. The van der Waals surface area contributed by atoms with Gasteiger partial charge in [-0.05, 0) is 91.7 Å². The number of carboxylic acids is 1. The van der Waals surface area contributed by atoms with E-state index in [0.717, 1.165) is 41.6 Å². The van der Waals surface area contributed by atoms with Gasteiger partial charge in [0, 0.05) is 36.2 Å². The predicted molar refractivity (Wildman–Crippen MR) is 149 cm³/mol. The number of carbonyl (C=O) groups excluding carboxylic acids is 1. The molecule has 0 spiro atoms. The zero-order valence-corrected chi connectivity index (χ0v) is 23.7. The second-order valence-electron chi connectivity index (χ2n) is 10.6. The van der Waals surface area contributed by atoms with Crippen LogP contribution < -0.4 is 14.6 Å². The fraction of sp³-hybridized carbons (Fsp3) is 0.438. The largest absolute Gasteiger partial charge is 0.550 e. The molecule has 1 aliphatic heterocycles. The lowest BCUT2D eigenvalue weighted by molar-refractivity contribution is -0.313. The SMILES string of the molecule is CCN(C(C)C)C(C)c1cc(C2CCc3ccc([C@H](O)[C@H](C)C(=O)[O-])cc3O2)ccc1-c1ccnc(OC)c1. The molecule has 2 aromatic carbocycles. The molecule has 1 N–H and O–H groups in total. The number of carboxylic acid groups (broad SMARTS) is 1. The van der Waals surface area contributed by atoms with Crippen molar-refractivity contribution in [2.24, 2.45) is 5.92 Å². The van der Waals surface area contributed by atoms with Crippen molar-refractivity contribution in [3.63, 3.8) is 0 Å². The molecule has 0 radical (unpaired) electrons. The van der Waals surface area contributed by atoms with E-state index in [-0.39, 0.29) is 12.1 Å². The second-order valence-corrected chi connectivity index (χ2v) is 10.6. The summed E-state index contributed by atoms with van der Waals surface area (Å²) >= 11 is 0. The van der Waals surface area contributed by atoms with Gasteiger partial charge in [0.05, 0.1) is 13.2 Å². The number of ether oxygens (including phenoxy) is 2. The number of aryl methyl sites for hydroxylation is 1. The summed E-state index contributed by atoms with van der Waals surface area (Å²) in [6.45, 7) is 11.2. The van der Waals surface area contributed by atoms with Crippen molar-refractivity contribution in [3.05, 3.63) is 77.0 Å². The number of aliphatic hydroxyl groups excluding tert-OH is 1. The molecule has 0 saturated heterocycles. The molecule has 0 saturated carbocycles. The second kappa shape index (κ2) is 12.2. The number of rotatable bonds is 10. The first kappa shape index (κ1) is 28.6. The molecular weight excluding hydrogens is 492 g/mol. The van der Waals surface area contributed by atoms with Gasteiger partial charge < -0.3 is 24.5 Å². The average molecular weight is 532 g/mol. The van der Waals surface area contributed by atoms with E-state index in [1.54, 1.807) is 25.4 Å². The Kier molecular flexibility index (Phi) is 8.93. The Balaban J connectivity index is 1.71. The van der Waals surface area contributed by atoms with Crippen LogP contribution in [-0.2, 0) is 11.2 Å². The summed E-state index contributed by atoms with van der Waals surface area (Å²) in [6, 6.07) is 16.5. The zero-order chi connectivity index (χ0) is 28.3. The zero-order valence-electron chi connectivity index (χ0n) is 23.7. The van der Waals surface area contributed by atoms with Crippen LogP contribution in [0.2, 0.25) is 0 Å². The van der Waals surface area contributed by atoms with E-state index in [2.05, 4.69) is 55.8 Å². The standard InChI is InChI=1S/C32H40N2O5/c1-7-34(19(2)3)21(5)27-16-24(10-12-26(27)23-14-15-33-30(18-23)38-6)28-13-11-22-8-9-25(17-29(22)39-28)31(35)20(4)32(36)37/h8-10,12,14-21,28,31,35H,7,11,13H2,1-6H3,(H,36,37)/p-1/t20-,21?,28?,31+/m0/s1. The Morgan fingerprint density at radius 3 is 2.59 bits per heavy atom. The molecule has 0 fully saturated rings. The van der Waals surface area contributed by atoms with Gasteiger partial charge in [-0.3, -0.25) is 4.90 Å². The van der Waals surface area contributed by atoms with Gasteiger partial charge in [-0.25, -0.2) is 4.98 Å². The molecular formula is C32H39N2O5-. The van der Waals surface area contributed by atoms with Crippen molar-refractivity contribution in [3.8, 4) is 22.8 Å². The van der Waals surface area contributed by atoms with Crippen LogP contribution in [0.25, 0.3) is 11.1 Å². The normalized spacial score (nSPS) is 17.3. The summed E-state index contributed by atoms with van der Waals surface area (Å²) in [5, 5.41) is 21.8. The minimum atomic E-state index is -1.28. The number of fused-ring (bicyclic) bond motifs is 1. The van der Waals surface area contributed by atoms with Gasteiger partial charge in [-0.15, -0.1) is 0 Å². The Labute approximate surface area is 231 Å². The van der Waals surface area contributed by atoms with E-state index >= 15 is 0 Å². The molecule has 0 amide bonds. The maximum atomic E-state index is 11.3. The van der Waals surface area contributed by atoms with Crippen LogP contribution in [0.5, 0.6) is 11.6 Å². The third-order valence-corrected chi connectivity index (χ3v) is 7.90. The van der Waals surface area contributed by atoms with Crippen LogP contribution in [0.15, 0.2) is 54.7 Å². The number of nitrogens with zero attached hydrogens (tertiary/aromatic N) is 2. The lowest BCUT2D eigenvalue weighted by Gasteiger charge is -2.34. The Morgan fingerprint density at radius 2 is 1.92 bits per heavy atom. The van der Waals surface area contributed by atoms with Crippen LogP contribution in [0, 0.1) is 5.92 Å². The number of carbonyl (C=O) groups is 1. The number of hydrogen-bond donors (Lipinski definition) is 1. The number of hydrogen-bond acceptors (Lipinski definition) is 7. The summed E-state index contributed by atoms with van der Waals surface area (Å²) in [4.78, 5) is 18.0. The first-order valence-corrected chi connectivity index (χ1v) is 13.7. The van der Waals surface area contributed by atoms with Crippen molar-refractivity contribution in [1.82, 2.24) is 9.88 Å².